The van der Waals surface area contributed by atoms with Crippen molar-refractivity contribution in [2.75, 3.05) is 11.9 Å². The lowest BCUT2D eigenvalue weighted by Gasteiger charge is -2.08. The quantitative estimate of drug-likeness (QED) is 0.860. The highest BCUT2D eigenvalue weighted by molar-refractivity contribution is 5.91. The topological polar surface area (TPSA) is 55.4 Å². The van der Waals surface area contributed by atoms with Gasteiger partial charge in [-0.05, 0) is 37.3 Å². The summed E-state index contributed by atoms with van der Waals surface area (Å²) in [5.74, 6) is -1.14. The molecule has 0 aromatic heterocycles. The summed E-state index contributed by atoms with van der Waals surface area (Å²) in [7, 11) is 0. The molecule has 108 valence electrons. The van der Waals surface area contributed by atoms with Gasteiger partial charge >= 0.3 is 0 Å². The molecule has 0 atom stereocenters. The third kappa shape index (κ3) is 4.14. The van der Waals surface area contributed by atoms with Crippen molar-refractivity contribution in [2.45, 2.75) is 6.92 Å². The highest BCUT2D eigenvalue weighted by Gasteiger charge is 2.08. The average molecular weight is 287 g/mol. The molecule has 2 aromatic rings. The van der Waals surface area contributed by atoms with Crippen molar-refractivity contribution in [2.24, 2.45) is 0 Å². The van der Waals surface area contributed by atoms with Gasteiger partial charge in [-0.1, -0.05) is 17.7 Å². The predicted molar refractivity (Wildman–Crippen MR) is 77.1 cm³/mol. The highest BCUT2D eigenvalue weighted by Crippen LogP contribution is 2.17. The van der Waals surface area contributed by atoms with Crippen LogP contribution in [0.15, 0.2) is 42.5 Å². The number of ether oxygens (including phenoxy) is 1. The van der Waals surface area contributed by atoms with Crippen LogP contribution in [-0.2, 0) is 4.79 Å². The molecule has 0 aliphatic rings. The van der Waals surface area contributed by atoms with E-state index < -0.39 is 11.7 Å². The maximum Gasteiger partial charge on any atom is 0.262 e. The molecule has 0 saturated heterocycles. The zero-order chi connectivity index (χ0) is 15.2. The number of aryl methyl sites for hydroxylation is 1. The summed E-state index contributed by atoms with van der Waals surface area (Å²) in [6, 6.07) is 11.1. The summed E-state index contributed by atoms with van der Waals surface area (Å²) in [5.41, 5.74) is 1.94. The number of aldehydes is 1. The minimum absolute atomic E-state index is 0.0698. The van der Waals surface area contributed by atoms with Gasteiger partial charge in [-0.15, -0.1) is 0 Å². The van der Waals surface area contributed by atoms with Crippen molar-refractivity contribution in [1.29, 1.82) is 0 Å². The third-order valence-electron chi connectivity index (χ3n) is 2.79. The van der Waals surface area contributed by atoms with E-state index in [0.29, 0.717) is 12.0 Å². The van der Waals surface area contributed by atoms with Gasteiger partial charge in [0.2, 0.25) is 0 Å². The molecular weight excluding hydrogens is 273 g/mol. The molecule has 2 rings (SSSR count). The summed E-state index contributed by atoms with van der Waals surface area (Å²) in [4.78, 5) is 22.2. The van der Waals surface area contributed by atoms with E-state index in [4.69, 9.17) is 4.74 Å². The van der Waals surface area contributed by atoms with Gasteiger partial charge in [-0.25, -0.2) is 4.39 Å². The Hall–Kier alpha value is -2.69. The van der Waals surface area contributed by atoms with Gasteiger partial charge in [0.15, 0.2) is 18.2 Å². The van der Waals surface area contributed by atoms with E-state index >= 15 is 0 Å². The van der Waals surface area contributed by atoms with E-state index in [-0.39, 0.29) is 17.9 Å². The molecule has 4 nitrogen and oxygen atoms in total. The van der Waals surface area contributed by atoms with Gasteiger partial charge in [-0.3, -0.25) is 9.59 Å². The fourth-order valence-electron chi connectivity index (χ4n) is 1.68. The van der Waals surface area contributed by atoms with Crippen molar-refractivity contribution in [3.8, 4) is 5.75 Å². The zero-order valence-corrected chi connectivity index (χ0v) is 11.4. The molecule has 0 saturated carbocycles. The van der Waals surface area contributed by atoms with Crippen molar-refractivity contribution in [1.82, 2.24) is 0 Å². The van der Waals surface area contributed by atoms with Crippen LogP contribution in [0.5, 0.6) is 5.75 Å². The Balaban J connectivity index is 1.92. The van der Waals surface area contributed by atoms with Crippen LogP contribution in [0.1, 0.15) is 15.9 Å². The normalized spacial score (nSPS) is 10.0. The maximum atomic E-state index is 13.5. The predicted octanol–water partition coefficient (Wildman–Crippen LogP) is 2.96. The fraction of sp³-hybridized carbons (Fsp3) is 0.125. The van der Waals surface area contributed by atoms with Crippen LogP contribution >= 0.6 is 0 Å². The molecule has 0 bridgehead atoms. The molecule has 2 aromatic carbocycles. The Morgan fingerprint density at radius 1 is 1.24 bits per heavy atom. The van der Waals surface area contributed by atoms with Gasteiger partial charge in [0.05, 0.1) is 0 Å². The van der Waals surface area contributed by atoms with Gasteiger partial charge in [0.1, 0.15) is 6.29 Å². The SMILES string of the molecule is Cc1ccc(NC(=O)COc2ccc(C=O)cc2F)cc1. The summed E-state index contributed by atoms with van der Waals surface area (Å²) in [6.07, 6.45) is 0.539. The Kier molecular flexibility index (Phi) is 4.66. The molecule has 0 aliphatic heterocycles. The van der Waals surface area contributed by atoms with Crippen LogP contribution in [0, 0.1) is 12.7 Å². The van der Waals surface area contributed by atoms with E-state index in [2.05, 4.69) is 5.32 Å². The zero-order valence-electron chi connectivity index (χ0n) is 11.4. The second kappa shape index (κ2) is 6.65. The first-order valence-electron chi connectivity index (χ1n) is 6.32. The van der Waals surface area contributed by atoms with Gasteiger partial charge < -0.3 is 10.1 Å². The molecule has 0 spiro atoms. The number of amides is 1. The smallest absolute Gasteiger partial charge is 0.262 e. The second-order valence-corrected chi connectivity index (χ2v) is 4.51. The van der Waals surface area contributed by atoms with Crippen molar-refractivity contribution < 1.29 is 18.7 Å². The van der Waals surface area contributed by atoms with E-state index in [9.17, 15) is 14.0 Å². The van der Waals surface area contributed by atoms with Crippen LogP contribution in [0.25, 0.3) is 0 Å². The average Bonchev–Trinajstić information content (AvgIpc) is 2.48. The highest BCUT2D eigenvalue weighted by atomic mass is 19.1. The Bertz CT molecular complexity index is 653. The Morgan fingerprint density at radius 2 is 1.95 bits per heavy atom. The molecule has 0 radical (unpaired) electrons. The number of rotatable bonds is 5. The summed E-state index contributed by atoms with van der Waals surface area (Å²) in [6.45, 7) is 1.63. The van der Waals surface area contributed by atoms with E-state index in [1.807, 2.05) is 19.1 Å². The number of hydrogen-bond donors (Lipinski definition) is 1. The molecule has 0 fully saturated rings. The number of benzene rings is 2. The van der Waals surface area contributed by atoms with E-state index in [1.54, 1.807) is 12.1 Å². The lowest BCUT2D eigenvalue weighted by Crippen LogP contribution is -2.20. The Morgan fingerprint density at radius 3 is 2.57 bits per heavy atom. The van der Waals surface area contributed by atoms with Gasteiger partial charge in [0.25, 0.3) is 5.91 Å². The molecular formula is C16H14FNO3. The molecule has 0 unspecified atom stereocenters. The number of carbonyl (C=O) groups excluding carboxylic acids is 2. The lowest BCUT2D eigenvalue weighted by molar-refractivity contribution is -0.118. The maximum absolute atomic E-state index is 13.5. The largest absolute Gasteiger partial charge is 0.481 e. The molecule has 21 heavy (non-hydrogen) atoms. The number of halogens is 1. The summed E-state index contributed by atoms with van der Waals surface area (Å²) < 4.78 is 18.6. The van der Waals surface area contributed by atoms with E-state index in [0.717, 1.165) is 11.6 Å². The molecule has 1 amide bonds. The summed E-state index contributed by atoms with van der Waals surface area (Å²) in [5, 5.41) is 2.64. The van der Waals surface area contributed by atoms with Crippen LogP contribution in [-0.4, -0.2) is 18.8 Å². The van der Waals surface area contributed by atoms with Crippen LogP contribution in [0.2, 0.25) is 0 Å². The first-order valence-corrected chi connectivity index (χ1v) is 6.32. The number of hydrogen-bond acceptors (Lipinski definition) is 3. The van der Waals surface area contributed by atoms with Crippen LogP contribution in [0.4, 0.5) is 10.1 Å². The molecule has 0 aliphatic carbocycles. The first-order chi connectivity index (χ1) is 10.1. The van der Waals surface area contributed by atoms with Gasteiger partial charge in [0, 0.05) is 11.3 Å². The van der Waals surface area contributed by atoms with Crippen LogP contribution < -0.4 is 10.1 Å². The van der Waals surface area contributed by atoms with Crippen molar-refractivity contribution >= 4 is 17.9 Å². The number of carbonyl (C=O) groups is 2. The van der Waals surface area contributed by atoms with Crippen LogP contribution in [0.3, 0.4) is 0 Å². The van der Waals surface area contributed by atoms with Crippen molar-refractivity contribution in [3.05, 3.63) is 59.4 Å². The summed E-state index contributed by atoms with van der Waals surface area (Å²) >= 11 is 0. The minimum atomic E-state index is -0.678. The number of nitrogens with one attached hydrogen (secondary N) is 1. The minimum Gasteiger partial charge on any atom is -0.481 e. The van der Waals surface area contributed by atoms with E-state index in [1.165, 1.54) is 12.1 Å². The van der Waals surface area contributed by atoms with Crippen molar-refractivity contribution in [3.63, 3.8) is 0 Å². The number of anilines is 1. The lowest BCUT2D eigenvalue weighted by atomic mass is 10.2. The first kappa shape index (κ1) is 14.7. The fourth-order valence-corrected chi connectivity index (χ4v) is 1.68. The Labute approximate surface area is 121 Å². The third-order valence-corrected chi connectivity index (χ3v) is 2.79. The monoisotopic (exact) mass is 287 g/mol. The second-order valence-electron chi connectivity index (χ2n) is 4.51. The molecule has 0 heterocycles. The molecule has 1 N–H and O–H groups in total. The standard InChI is InChI=1S/C16H14FNO3/c1-11-2-5-13(6-3-11)18-16(20)10-21-15-7-4-12(9-19)8-14(15)17/h2-9H,10H2,1H3,(H,18,20). The molecule has 5 heteroatoms. The van der Waals surface area contributed by atoms with Gasteiger partial charge in [-0.2, -0.15) is 0 Å².